The average Bonchev–Trinajstić information content (AvgIpc) is 2.90. The van der Waals surface area contributed by atoms with E-state index in [2.05, 4.69) is 17.7 Å². The number of aromatic nitrogens is 1. The average molecular weight is 439 g/mol. The monoisotopic (exact) mass is 439 g/mol. The molecule has 0 radical (unpaired) electrons. The fourth-order valence-electron chi connectivity index (χ4n) is 3.63. The van der Waals surface area contributed by atoms with Crippen molar-refractivity contribution in [2.75, 3.05) is 14.1 Å². The van der Waals surface area contributed by atoms with E-state index in [9.17, 15) is 27.6 Å². The number of nitrogens with zero attached hydrogens (tertiary/aromatic N) is 3. The normalized spacial score (nSPS) is 24.4. The lowest BCUT2D eigenvalue weighted by Gasteiger charge is -2.33. The number of pyridine rings is 1. The van der Waals surface area contributed by atoms with Crippen molar-refractivity contribution in [2.45, 2.75) is 49.6 Å². The maximum atomic E-state index is 12.8. The summed E-state index contributed by atoms with van der Waals surface area (Å²) in [6.45, 7) is 1.52. The van der Waals surface area contributed by atoms with Gasteiger partial charge in [-0.1, -0.05) is 6.92 Å². The molecule has 4 amide bonds. The highest BCUT2D eigenvalue weighted by atomic mass is 32.2. The van der Waals surface area contributed by atoms with Crippen LogP contribution in [0.5, 0.6) is 0 Å². The molecule has 1 saturated heterocycles. The van der Waals surface area contributed by atoms with Crippen LogP contribution < -0.4 is 16.3 Å². The summed E-state index contributed by atoms with van der Waals surface area (Å²) in [6, 6.07) is 1.46. The standard InChI is InChI=1S/C18H25N5O6S/c1-12-6-8-18(9-7-12)16(26)23(17(27)19-18)20-14(24)11-22-10-13(4-5-15(22)25)30(28,29)21(2)3/h4-5,10,12H,6-9,11H2,1-3H3,(H,19,27)(H,20,24). The van der Waals surface area contributed by atoms with E-state index < -0.39 is 45.5 Å². The lowest BCUT2D eigenvalue weighted by molar-refractivity contribution is -0.140. The topological polar surface area (TPSA) is 138 Å². The Bertz CT molecular complexity index is 1040. The van der Waals surface area contributed by atoms with Gasteiger partial charge in [0.2, 0.25) is 10.0 Å². The maximum absolute atomic E-state index is 12.8. The van der Waals surface area contributed by atoms with E-state index in [4.69, 9.17) is 0 Å². The number of urea groups is 1. The van der Waals surface area contributed by atoms with Crippen molar-refractivity contribution < 1.29 is 22.8 Å². The number of rotatable bonds is 5. The molecule has 1 aromatic rings. The van der Waals surface area contributed by atoms with Crippen LogP contribution in [0.1, 0.15) is 32.6 Å². The Balaban J connectivity index is 1.74. The van der Waals surface area contributed by atoms with Crippen molar-refractivity contribution in [1.82, 2.24) is 24.6 Å². The van der Waals surface area contributed by atoms with Gasteiger partial charge in [0.05, 0.1) is 4.90 Å². The number of amides is 4. The Morgan fingerprint density at radius 1 is 1.23 bits per heavy atom. The summed E-state index contributed by atoms with van der Waals surface area (Å²) in [5.74, 6) is -0.869. The number of carbonyl (C=O) groups excluding carboxylic acids is 3. The van der Waals surface area contributed by atoms with Gasteiger partial charge in [0.1, 0.15) is 12.1 Å². The van der Waals surface area contributed by atoms with E-state index in [1.165, 1.54) is 14.1 Å². The van der Waals surface area contributed by atoms with Crippen LogP contribution in [0.3, 0.4) is 0 Å². The second-order valence-electron chi connectivity index (χ2n) is 7.99. The largest absolute Gasteiger partial charge is 0.344 e. The smallest absolute Gasteiger partial charge is 0.322 e. The molecular weight excluding hydrogens is 414 g/mol. The van der Waals surface area contributed by atoms with Crippen molar-refractivity contribution in [3.05, 3.63) is 28.7 Å². The lowest BCUT2D eigenvalue weighted by Crippen LogP contribution is -2.52. The summed E-state index contributed by atoms with van der Waals surface area (Å²) >= 11 is 0. The lowest BCUT2D eigenvalue weighted by atomic mass is 9.77. The molecule has 0 aromatic carbocycles. The van der Waals surface area contributed by atoms with Gasteiger partial charge >= 0.3 is 6.03 Å². The SMILES string of the molecule is CC1CCC2(CC1)NC(=O)N(NC(=O)Cn1cc(S(=O)(=O)N(C)C)ccc1=O)C2=O. The molecule has 1 saturated carbocycles. The molecule has 2 N–H and O–H groups in total. The van der Waals surface area contributed by atoms with Crippen LogP contribution in [-0.2, 0) is 26.2 Å². The van der Waals surface area contributed by atoms with Gasteiger partial charge in [0.25, 0.3) is 17.4 Å². The van der Waals surface area contributed by atoms with E-state index >= 15 is 0 Å². The van der Waals surface area contributed by atoms with E-state index in [0.29, 0.717) is 23.8 Å². The maximum Gasteiger partial charge on any atom is 0.344 e. The van der Waals surface area contributed by atoms with Crippen LogP contribution in [0.2, 0.25) is 0 Å². The van der Waals surface area contributed by atoms with Gasteiger partial charge in [0.15, 0.2) is 0 Å². The van der Waals surface area contributed by atoms with Gasteiger partial charge < -0.3 is 9.88 Å². The zero-order valence-corrected chi connectivity index (χ0v) is 17.9. The Hall–Kier alpha value is -2.73. The number of nitrogens with one attached hydrogen (secondary N) is 2. The molecular formula is C18H25N5O6S. The third-order valence-electron chi connectivity index (χ3n) is 5.57. The minimum Gasteiger partial charge on any atom is -0.322 e. The third kappa shape index (κ3) is 3.97. The number of hydrogen-bond acceptors (Lipinski definition) is 6. The van der Waals surface area contributed by atoms with Crippen LogP contribution in [0.4, 0.5) is 4.79 Å². The van der Waals surface area contributed by atoms with Crippen molar-refractivity contribution in [1.29, 1.82) is 0 Å². The molecule has 3 rings (SSSR count). The first-order chi connectivity index (χ1) is 14.0. The number of sulfonamides is 1. The predicted molar refractivity (Wildman–Crippen MR) is 105 cm³/mol. The quantitative estimate of drug-likeness (QED) is 0.601. The third-order valence-corrected chi connectivity index (χ3v) is 7.37. The highest BCUT2D eigenvalue weighted by Crippen LogP contribution is 2.35. The molecule has 2 aliphatic rings. The van der Waals surface area contributed by atoms with Crippen LogP contribution in [-0.4, -0.2) is 59.8 Å². The number of hydrogen-bond donors (Lipinski definition) is 2. The van der Waals surface area contributed by atoms with E-state index in [-0.39, 0.29) is 4.90 Å². The minimum atomic E-state index is -3.80. The molecule has 164 valence electrons. The van der Waals surface area contributed by atoms with Crippen LogP contribution in [0.15, 0.2) is 28.0 Å². The minimum absolute atomic E-state index is 0.162. The van der Waals surface area contributed by atoms with Crippen LogP contribution in [0.25, 0.3) is 0 Å². The van der Waals surface area contributed by atoms with Gasteiger partial charge in [-0.25, -0.2) is 17.5 Å². The second-order valence-corrected chi connectivity index (χ2v) is 10.1. The Labute approximate surface area is 174 Å². The summed E-state index contributed by atoms with van der Waals surface area (Å²) in [6.07, 6.45) is 3.61. The molecule has 1 aliphatic carbocycles. The van der Waals surface area contributed by atoms with E-state index in [1.54, 1.807) is 0 Å². The number of hydrazine groups is 1. The van der Waals surface area contributed by atoms with Crippen molar-refractivity contribution in [2.24, 2.45) is 5.92 Å². The Kier molecular flexibility index (Phi) is 5.74. The first-order valence-electron chi connectivity index (χ1n) is 9.55. The molecule has 2 fully saturated rings. The molecule has 1 aliphatic heterocycles. The molecule has 11 nitrogen and oxygen atoms in total. The number of imide groups is 1. The van der Waals surface area contributed by atoms with Gasteiger partial charge in [-0.2, -0.15) is 5.01 Å². The fourth-order valence-corrected chi connectivity index (χ4v) is 4.55. The molecule has 1 aromatic heterocycles. The molecule has 0 atom stereocenters. The summed E-state index contributed by atoms with van der Waals surface area (Å²) < 4.78 is 26.4. The van der Waals surface area contributed by atoms with Crippen molar-refractivity contribution >= 4 is 27.9 Å². The second kappa shape index (κ2) is 7.84. The summed E-state index contributed by atoms with van der Waals surface area (Å²) in [5.41, 5.74) is 0.625. The van der Waals surface area contributed by atoms with Crippen molar-refractivity contribution in [3.8, 4) is 0 Å². The first kappa shape index (κ1) is 22.0. The Morgan fingerprint density at radius 3 is 2.47 bits per heavy atom. The van der Waals surface area contributed by atoms with E-state index in [1.807, 2.05) is 0 Å². The first-order valence-corrected chi connectivity index (χ1v) is 11.0. The fraction of sp³-hybridized carbons (Fsp3) is 0.556. The predicted octanol–water partition coefficient (Wildman–Crippen LogP) is -0.369. The van der Waals surface area contributed by atoms with Crippen LogP contribution >= 0.6 is 0 Å². The zero-order chi connectivity index (χ0) is 22.3. The summed E-state index contributed by atoms with van der Waals surface area (Å²) in [7, 11) is -1.11. The molecule has 12 heteroatoms. The summed E-state index contributed by atoms with van der Waals surface area (Å²) in [5, 5.41) is 3.32. The Morgan fingerprint density at radius 2 is 1.87 bits per heavy atom. The summed E-state index contributed by atoms with van der Waals surface area (Å²) in [4.78, 5) is 49.4. The molecule has 1 spiro atoms. The molecule has 2 heterocycles. The highest BCUT2D eigenvalue weighted by molar-refractivity contribution is 7.89. The molecule has 30 heavy (non-hydrogen) atoms. The molecule has 0 bridgehead atoms. The van der Waals surface area contributed by atoms with Gasteiger partial charge in [-0.05, 0) is 37.7 Å². The van der Waals surface area contributed by atoms with Gasteiger partial charge in [0, 0.05) is 26.4 Å². The van der Waals surface area contributed by atoms with Gasteiger partial charge in [-0.15, -0.1) is 0 Å². The number of carbonyl (C=O) groups is 3. The molecule has 0 unspecified atom stereocenters. The van der Waals surface area contributed by atoms with Crippen molar-refractivity contribution in [3.63, 3.8) is 0 Å². The zero-order valence-electron chi connectivity index (χ0n) is 17.0. The van der Waals surface area contributed by atoms with E-state index in [0.717, 1.165) is 40.0 Å². The highest BCUT2D eigenvalue weighted by Gasteiger charge is 2.52. The van der Waals surface area contributed by atoms with Gasteiger partial charge in [-0.3, -0.25) is 19.8 Å². The van der Waals surface area contributed by atoms with Crippen LogP contribution in [0, 0.1) is 5.92 Å².